The van der Waals surface area contributed by atoms with E-state index in [0.29, 0.717) is 24.3 Å². The number of ether oxygens (including phenoxy) is 1. The molecule has 0 spiro atoms. The number of benzene rings is 1. The fourth-order valence-electron chi connectivity index (χ4n) is 5.26. The van der Waals surface area contributed by atoms with Gasteiger partial charge in [0.2, 0.25) is 0 Å². The van der Waals surface area contributed by atoms with Gasteiger partial charge in [0.25, 0.3) is 5.91 Å². The third-order valence-corrected chi connectivity index (χ3v) is 6.68. The van der Waals surface area contributed by atoms with Gasteiger partial charge in [-0.1, -0.05) is 18.6 Å². The lowest BCUT2D eigenvalue weighted by molar-refractivity contribution is 0.0400. The van der Waals surface area contributed by atoms with Crippen LogP contribution >= 0.6 is 0 Å². The normalized spacial score (nSPS) is 23.9. The summed E-state index contributed by atoms with van der Waals surface area (Å²) in [5.74, 6) is 1.41. The van der Waals surface area contributed by atoms with E-state index in [1.54, 1.807) is 0 Å². The molecule has 2 aromatic rings. The van der Waals surface area contributed by atoms with E-state index in [4.69, 9.17) is 4.74 Å². The van der Waals surface area contributed by atoms with Crippen molar-refractivity contribution in [3.63, 3.8) is 0 Å². The number of H-pyrrole nitrogens is 1. The molecule has 2 atom stereocenters. The van der Waals surface area contributed by atoms with E-state index in [1.807, 2.05) is 36.2 Å². The van der Waals surface area contributed by atoms with Crippen LogP contribution < -0.4 is 4.74 Å². The molecule has 6 heteroatoms. The Balaban J connectivity index is 1.34. The molecule has 0 saturated carbocycles. The average molecular weight is 380 g/mol. The van der Waals surface area contributed by atoms with Gasteiger partial charge in [-0.3, -0.25) is 9.89 Å². The first kappa shape index (κ1) is 17.7. The smallest absolute Gasteiger partial charge is 0.272 e. The van der Waals surface area contributed by atoms with E-state index < -0.39 is 0 Å². The van der Waals surface area contributed by atoms with Crippen LogP contribution in [0.4, 0.5) is 0 Å². The van der Waals surface area contributed by atoms with Crippen LogP contribution in [0.3, 0.4) is 0 Å². The van der Waals surface area contributed by atoms with Crippen molar-refractivity contribution < 1.29 is 9.53 Å². The summed E-state index contributed by atoms with van der Waals surface area (Å²) in [6, 6.07) is 8.50. The first-order valence-corrected chi connectivity index (χ1v) is 10.5. The lowest BCUT2D eigenvalue weighted by atomic mass is 9.83. The Morgan fingerprint density at radius 2 is 2.11 bits per heavy atom. The standard InChI is InChI=1S/C22H28N4O2/c1-25(13-15-7-6-12-26-11-5-4-9-18(15)26)22(27)21-17-14-28-19-10-3-2-8-16(19)20(17)23-24-21/h2-3,8,10,15,18H,4-7,9,11-14H2,1H3,(H,23,24)/t15-,18+/m0/s1. The molecule has 3 aliphatic rings. The summed E-state index contributed by atoms with van der Waals surface area (Å²) >= 11 is 0. The van der Waals surface area contributed by atoms with Crippen molar-refractivity contribution in [2.75, 3.05) is 26.7 Å². The monoisotopic (exact) mass is 380 g/mol. The third-order valence-electron chi connectivity index (χ3n) is 6.68. The van der Waals surface area contributed by atoms with Crippen molar-refractivity contribution in [3.05, 3.63) is 35.5 Å². The molecule has 2 fully saturated rings. The summed E-state index contributed by atoms with van der Waals surface area (Å²) in [5, 5.41) is 7.45. The maximum absolute atomic E-state index is 13.2. The zero-order valence-corrected chi connectivity index (χ0v) is 16.5. The van der Waals surface area contributed by atoms with E-state index in [9.17, 15) is 4.79 Å². The molecule has 1 aromatic heterocycles. The van der Waals surface area contributed by atoms with Crippen LogP contribution in [0.25, 0.3) is 11.3 Å². The zero-order valence-electron chi connectivity index (χ0n) is 16.5. The van der Waals surface area contributed by atoms with Crippen molar-refractivity contribution >= 4 is 5.91 Å². The molecule has 28 heavy (non-hydrogen) atoms. The molecule has 3 aliphatic heterocycles. The van der Waals surface area contributed by atoms with Gasteiger partial charge in [-0.15, -0.1) is 0 Å². The Morgan fingerprint density at radius 3 is 3.04 bits per heavy atom. The molecule has 4 heterocycles. The highest BCUT2D eigenvalue weighted by Crippen LogP contribution is 2.37. The second-order valence-electron chi connectivity index (χ2n) is 8.40. The molecule has 0 bridgehead atoms. The highest BCUT2D eigenvalue weighted by molar-refractivity contribution is 5.96. The lowest BCUT2D eigenvalue weighted by Crippen LogP contribution is -2.51. The fourth-order valence-corrected chi connectivity index (χ4v) is 5.26. The summed E-state index contributed by atoms with van der Waals surface area (Å²) < 4.78 is 5.86. The highest BCUT2D eigenvalue weighted by atomic mass is 16.5. The van der Waals surface area contributed by atoms with Crippen molar-refractivity contribution in [2.45, 2.75) is 44.8 Å². The minimum Gasteiger partial charge on any atom is -0.488 e. The number of fused-ring (bicyclic) bond motifs is 4. The number of piperidine rings is 2. The van der Waals surface area contributed by atoms with Gasteiger partial charge in [0.05, 0.1) is 0 Å². The largest absolute Gasteiger partial charge is 0.488 e. The number of hydrogen-bond donors (Lipinski definition) is 1. The first-order chi connectivity index (χ1) is 13.7. The molecule has 5 rings (SSSR count). The SMILES string of the molecule is CN(C[C@@H]1CCCN2CCCC[C@H]12)C(=O)c1[nH]nc2c1COc1ccccc1-2. The Morgan fingerprint density at radius 1 is 1.25 bits per heavy atom. The summed E-state index contributed by atoms with van der Waals surface area (Å²) in [4.78, 5) is 17.7. The van der Waals surface area contributed by atoms with Gasteiger partial charge >= 0.3 is 0 Å². The number of aromatic nitrogens is 2. The molecule has 148 valence electrons. The van der Waals surface area contributed by atoms with E-state index in [0.717, 1.165) is 29.1 Å². The third kappa shape index (κ3) is 3.00. The van der Waals surface area contributed by atoms with Gasteiger partial charge in [-0.2, -0.15) is 5.10 Å². The molecule has 0 aliphatic carbocycles. The Kier molecular flexibility index (Phi) is 4.59. The molecule has 1 aromatic carbocycles. The molecular formula is C22H28N4O2. The molecule has 1 amide bonds. The molecule has 2 saturated heterocycles. The summed E-state index contributed by atoms with van der Waals surface area (Å²) in [6.07, 6.45) is 6.38. The van der Waals surface area contributed by atoms with Crippen LogP contribution in [0.2, 0.25) is 0 Å². The second-order valence-corrected chi connectivity index (χ2v) is 8.40. The van der Waals surface area contributed by atoms with Crippen molar-refractivity contribution in [1.82, 2.24) is 20.0 Å². The van der Waals surface area contributed by atoms with Crippen molar-refractivity contribution in [2.24, 2.45) is 5.92 Å². The number of aromatic amines is 1. The average Bonchev–Trinajstić information content (AvgIpc) is 3.18. The van der Waals surface area contributed by atoms with Crippen LogP contribution in [-0.4, -0.2) is 58.6 Å². The van der Waals surface area contributed by atoms with Crippen molar-refractivity contribution in [3.8, 4) is 17.0 Å². The lowest BCUT2D eigenvalue weighted by Gasteiger charge is -2.45. The van der Waals surface area contributed by atoms with Gasteiger partial charge in [0, 0.05) is 30.8 Å². The number of hydrogen-bond acceptors (Lipinski definition) is 4. The summed E-state index contributed by atoms with van der Waals surface area (Å²) in [5.41, 5.74) is 3.24. The molecular weight excluding hydrogens is 352 g/mol. The quantitative estimate of drug-likeness (QED) is 0.887. The zero-order chi connectivity index (χ0) is 19.1. The fraction of sp³-hybridized carbons (Fsp3) is 0.545. The van der Waals surface area contributed by atoms with E-state index >= 15 is 0 Å². The van der Waals surface area contributed by atoms with Crippen LogP contribution in [0, 0.1) is 5.92 Å². The minimum atomic E-state index is 0.0182. The number of amides is 1. The van der Waals surface area contributed by atoms with Crippen LogP contribution in [0.15, 0.2) is 24.3 Å². The Hall–Kier alpha value is -2.34. The summed E-state index contributed by atoms with van der Waals surface area (Å²) in [6.45, 7) is 3.65. The van der Waals surface area contributed by atoms with Crippen LogP contribution in [0.1, 0.15) is 48.2 Å². The number of carbonyl (C=O) groups is 1. The first-order valence-electron chi connectivity index (χ1n) is 10.5. The maximum Gasteiger partial charge on any atom is 0.272 e. The van der Waals surface area contributed by atoms with Gasteiger partial charge in [0.1, 0.15) is 23.7 Å². The highest BCUT2D eigenvalue weighted by Gasteiger charge is 2.35. The molecule has 1 N–H and O–H groups in total. The van der Waals surface area contributed by atoms with Crippen LogP contribution in [0.5, 0.6) is 5.75 Å². The second kappa shape index (κ2) is 7.24. The molecule has 0 radical (unpaired) electrons. The predicted molar refractivity (Wildman–Crippen MR) is 107 cm³/mol. The number of rotatable bonds is 3. The summed E-state index contributed by atoms with van der Waals surface area (Å²) in [7, 11) is 1.93. The van der Waals surface area contributed by atoms with Gasteiger partial charge in [-0.05, 0) is 56.8 Å². The van der Waals surface area contributed by atoms with Crippen molar-refractivity contribution in [1.29, 1.82) is 0 Å². The Labute approximate surface area is 165 Å². The Bertz CT molecular complexity index is 875. The van der Waals surface area contributed by atoms with Crippen LogP contribution in [-0.2, 0) is 6.61 Å². The van der Waals surface area contributed by atoms with E-state index in [2.05, 4.69) is 15.1 Å². The number of para-hydroxylation sites is 1. The van der Waals surface area contributed by atoms with Gasteiger partial charge < -0.3 is 14.5 Å². The van der Waals surface area contributed by atoms with Gasteiger partial charge in [0.15, 0.2) is 0 Å². The number of nitrogens with zero attached hydrogens (tertiary/aromatic N) is 3. The molecule has 6 nitrogen and oxygen atoms in total. The number of nitrogens with one attached hydrogen (secondary N) is 1. The van der Waals surface area contributed by atoms with Gasteiger partial charge in [-0.25, -0.2) is 0 Å². The van der Waals surface area contributed by atoms with E-state index in [-0.39, 0.29) is 5.91 Å². The topological polar surface area (TPSA) is 61.5 Å². The number of carbonyl (C=O) groups excluding carboxylic acids is 1. The van der Waals surface area contributed by atoms with E-state index in [1.165, 1.54) is 45.2 Å². The minimum absolute atomic E-state index is 0.0182. The molecule has 0 unspecified atom stereocenters. The maximum atomic E-state index is 13.2. The predicted octanol–water partition coefficient (Wildman–Crippen LogP) is 3.31.